The third kappa shape index (κ3) is 3.37. The number of nitro groups is 1. The summed E-state index contributed by atoms with van der Waals surface area (Å²) in [6.07, 6.45) is 4.07. The zero-order valence-corrected chi connectivity index (χ0v) is 13.5. The smallest absolute Gasteiger partial charge is 0.271 e. The van der Waals surface area contributed by atoms with E-state index in [9.17, 15) is 15.2 Å². The van der Waals surface area contributed by atoms with Gasteiger partial charge in [-0.05, 0) is 49.1 Å². The quantitative estimate of drug-likeness (QED) is 0.524. The Morgan fingerprint density at radius 3 is 2.62 bits per heavy atom. The van der Waals surface area contributed by atoms with Gasteiger partial charge >= 0.3 is 0 Å². The van der Waals surface area contributed by atoms with Gasteiger partial charge in [-0.3, -0.25) is 15.1 Å². The van der Waals surface area contributed by atoms with Crippen molar-refractivity contribution >= 4 is 23.3 Å². The Labute approximate surface area is 140 Å². The standard InChI is InChI=1S/C18H19N3O3/c1-13-10-14(4-6-17(13)20-8-2-3-9-20)12-19-16-11-15(21(23)24)5-7-18(16)22/h4-7,10-12,22H,2-3,8-9H2,1H3. The van der Waals surface area contributed by atoms with Gasteiger partial charge in [-0.1, -0.05) is 6.07 Å². The number of anilines is 1. The first-order chi connectivity index (χ1) is 11.5. The zero-order chi connectivity index (χ0) is 17.1. The summed E-state index contributed by atoms with van der Waals surface area (Å²) in [6, 6.07) is 9.88. The van der Waals surface area contributed by atoms with E-state index in [1.54, 1.807) is 6.21 Å². The summed E-state index contributed by atoms with van der Waals surface area (Å²) in [7, 11) is 0. The molecule has 2 aromatic rings. The number of phenols is 1. The van der Waals surface area contributed by atoms with Crippen LogP contribution in [0.15, 0.2) is 41.4 Å². The van der Waals surface area contributed by atoms with Crippen LogP contribution in [0, 0.1) is 17.0 Å². The van der Waals surface area contributed by atoms with Gasteiger partial charge < -0.3 is 10.0 Å². The maximum Gasteiger partial charge on any atom is 0.271 e. The number of benzene rings is 2. The van der Waals surface area contributed by atoms with Crippen LogP contribution in [0.5, 0.6) is 5.75 Å². The molecule has 0 bridgehead atoms. The van der Waals surface area contributed by atoms with E-state index < -0.39 is 4.92 Å². The molecule has 0 saturated carbocycles. The van der Waals surface area contributed by atoms with Crippen molar-refractivity contribution in [2.45, 2.75) is 19.8 Å². The van der Waals surface area contributed by atoms with E-state index in [0.717, 1.165) is 18.7 Å². The number of phenolic OH excluding ortho intramolecular Hbond substituents is 1. The highest BCUT2D eigenvalue weighted by atomic mass is 16.6. The van der Waals surface area contributed by atoms with E-state index in [0.29, 0.717) is 0 Å². The molecule has 1 N–H and O–H groups in total. The Balaban J connectivity index is 1.83. The summed E-state index contributed by atoms with van der Waals surface area (Å²) < 4.78 is 0. The van der Waals surface area contributed by atoms with Gasteiger partial charge in [0, 0.05) is 37.1 Å². The molecule has 0 atom stereocenters. The van der Waals surface area contributed by atoms with Crippen LogP contribution in [-0.4, -0.2) is 29.3 Å². The maximum atomic E-state index is 10.8. The molecule has 0 amide bonds. The fourth-order valence-corrected chi connectivity index (χ4v) is 2.94. The monoisotopic (exact) mass is 325 g/mol. The predicted molar refractivity (Wildman–Crippen MR) is 94.6 cm³/mol. The molecular weight excluding hydrogens is 306 g/mol. The molecule has 0 aliphatic carbocycles. The van der Waals surface area contributed by atoms with Crippen molar-refractivity contribution in [2.75, 3.05) is 18.0 Å². The fraction of sp³-hybridized carbons (Fsp3) is 0.278. The number of hydrogen-bond acceptors (Lipinski definition) is 5. The molecule has 2 aromatic carbocycles. The minimum Gasteiger partial charge on any atom is -0.506 e. The number of aryl methyl sites for hydroxylation is 1. The molecule has 0 aromatic heterocycles. The van der Waals surface area contributed by atoms with Crippen molar-refractivity contribution in [1.82, 2.24) is 0 Å². The summed E-state index contributed by atoms with van der Waals surface area (Å²) in [5.74, 6) is -0.0812. The largest absolute Gasteiger partial charge is 0.506 e. The Hall–Kier alpha value is -2.89. The highest BCUT2D eigenvalue weighted by Crippen LogP contribution is 2.30. The lowest BCUT2D eigenvalue weighted by Gasteiger charge is -2.20. The Bertz CT molecular complexity index is 796. The number of aliphatic imine (C=N–C) groups is 1. The minimum absolute atomic E-state index is 0.0812. The van der Waals surface area contributed by atoms with E-state index in [1.165, 1.54) is 42.3 Å². The van der Waals surface area contributed by atoms with Crippen LogP contribution >= 0.6 is 0 Å². The average Bonchev–Trinajstić information content (AvgIpc) is 3.08. The third-order valence-corrected chi connectivity index (χ3v) is 4.19. The third-order valence-electron chi connectivity index (χ3n) is 4.19. The molecule has 1 aliphatic rings. The topological polar surface area (TPSA) is 79.0 Å². The van der Waals surface area contributed by atoms with Crippen molar-refractivity contribution in [3.8, 4) is 5.75 Å². The first-order valence-electron chi connectivity index (χ1n) is 7.91. The van der Waals surface area contributed by atoms with Gasteiger partial charge in [0.15, 0.2) is 0 Å². The van der Waals surface area contributed by atoms with E-state index in [4.69, 9.17) is 0 Å². The first kappa shape index (κ1) is 16.0. The number of nitrogens with zero attached hydrogens (tertiary/aromatic N) is 3. The second kappa shape index (κ2) is 6.70. The normalized spacial score (nSPS) is 14.5. The molecule has 0 radical (unpaired) electrons. The Morgan fingerprint density at radius 2 is 1.96 bits per heavy atom. The second-order valence-corrected chi connectivity index (χ2v) is 5.93. The zero-order valence-electron chi connectivity index (χ0n) is 13.5. The number of hydrogen-bond donors (Lipinski definition) is 1. The molecule has 0 unspecified atom stereocenters. The minimum atomic E-state index is -0.506. The molecule has 1 fully saturated rings. The summed E-state index contributed by atoms with van der Waals surface area (Å²) in [4.78, 5) is 16.9. The number of aromatic hydroxyl groups is 1. The van der Waals surface area contributed by atoms with Gasteiger partial charge in [-0.15, -0.1) is 0 Å². The molecule has 3 rings (SSSR count). The van der Waals surface area contributed by atoms with Crippen LogP contribution in [-0.2, 0) is 0 Å². The van der Waals surface area contributed by atoms with Crippen LogP contribution in [0.2, 0.25) is 0 Å². The predicted octanol–water partition coefficient (Wildman–Crippen LogP) is 3.96. The van der Waals surface area contributed by atoms with E-state index in [2.05, 4.69) is 22.9 Å². The summed E-state index contributed by atoms with van der Waals surface area (Å²) in [5, 5.41) is 20.6. The highest BCUT2D eigenvalue weighted by molar-refractivity contribution is 5.84. The SMILES string of the molecule is Cc1cc(C=Nc2cc([N+](=O)[O-])ccc2O)ccc1N1CCCC1. The van der Waals surface area contributed by atoms with Gasteiger partial charge in [-0.2, -0.15) is 0 Å². The first-order valence-corrected chi connectivity index (χ1v) is 7.91. The van der Waals surface area contributed by atoms with Gasteiger partial charge in [-0.25, -0.2) is 0 Å². The van der Waals surface area contributed by atoms with Crippen molar-refractivity contribution in [3.05, 3.63) is 57.6 Å². The lowest BCUT2D eigenvalue weighted by Crippen LogP contribution is -2.18. The van der Waals surface area contributed by atoms with E-state index >= 15 is 0 Å². The molecule has 0 spiro atoms. The molecule has 1 heterocycles. The summed E-state index contributed by atoms with van der Waals surface area (Å²) >= 11 is 0. The average molecular weight is 325 g/mol. The lowest BCUT2D eigenvalue weighted by atomic mass is 10.1. The molecule has 1 saturated heterocycles. The van der Waals surface area contributed by atoms with Crippen LogP contribution in [0.1, 0.15) is 24.0 Å². The Morgan fingerprint density at radius 1 is 1.21 bits per heavy atom. The van der Waals surface area contributed by atoms with Crippen LogP contribution in [0.4, 0.5) is 17.1 Å². The second-order valence-electron chi connectivity index (χ2n) is 5.93. The van der Waals surface area contributed by atoms with E-state index in [1.807, 2.05) is 12.1 Å². The van der Waals surface area contributed by atoms with Crippen molar-refractivity contribution in [3.63, 3.8) is 0 Å². The van der Waals surface area contributed by atoms with Crippen molar-refractivity contribution in [1.29, 1.82) is 0 Å². The van der Waals surface area contributed by atoms with Gasteiger partial charge in [0.25, 0.3) is 5.69 Å². The highest BCUT2D eigenvalue weighted by Gasteiger charge is 2.14. The maximum absolute atomic E-state index is 10.8. The molecule has 124 valence electrons. The number of rotatable bonds is 4. The van der Waals surface area contributed by atoms with Gasteiger partial charge in [0.05, 0.1) is 4.92 Å². The molecular formula is C18H19N3O3. The molecule has 1 aliphatic heterocycles. The van der Waals surface area contributed by atoms with Gasteiger partial charge in [0.2, 0.25) is 0 Å². The molecule has 6 heteroatoms. The van der Waals surface area contributed by atoms with Crippen LogP contribution in [0.25, 0.3) is 0 Å². The molecule has 24 heavy (non-hydrogen) atoms. The Kier molecular flexibility index (Phi) is 4.46. The van der Waals surface area contributed by atoms with Crippen LogP contribution in [0.3, 0.4) is 0 Å². The van der Waals surface area contributed by atoms with Crippen molar-refractivity contribution in [2.24, 2.45) is 4.99 Å². The van der Waals surface area contributed by atoms with E-state index in [-0.39, 0.29) is 17.1 Å². The molecule has 6 nitrogen and oxygen atoms in total. The summed E-state index contributed by atoms with van der Waals surface area (Å²) in [6.45, 7) is 4.25. The summed E-state index contributed by atoms with van der Waals surface area (Å²) in [5.41, 5.74) is 3.39. The number of non-ortho nitro benzene ring substituents is 1. The number of nitro benzene ring substituents is 1. The van der Waals surface area contributed by atoms with Crippen LogP contribution < -0.4 is 4.90 Å². The van der Waals surface area contributed by atoms with Gasteiger partial charge in [0.1, 0.15) is 11.4 Å². The lowest BCUT2D eigenvalue weighted by molar-refractivity contribution is -0.384. The fourth-order valence-electron chi connectivity index (χ4n) is 2.94. The van der Waals surface area contributed by atoms with Crippen molar-refractivity contribution < 1.29 is 10.0 Å².